The second-order valence-corrected chi connectivity index (χ2v) is 10.6. The average molecular weight is 522 g/mol. The first kappa shape index (κ1) is 24.2. The monoisotopic (exact) mass is 521 g/mol. The molecule has 1 aliphatic heterocycles. The first-order chi connectivity index (χ1) is 18.6. The van der Waals surface area contributed by atoms with Gasteiger partial charge >= 0.3 is 0 Å². The molecule has 1 fully saturated rings. The van der Waals surface area contributed by atoms with Gasteiger partial charge in [0.15, 0.2) is 0 Å². The van der Waals surface area contributed by atoms with Crippen LogP contribution in [0.5, 0.6) is 5.75 Å². The number of hydrogen-bond donors (Lipinski definition) is 1. The summed E-state index contributed by atoms with van der Waals surface area (Å²) >= 11 is 1.45. The lowest BCUT2D eigenvalue weighted by molar-refractivity contribution is -0.132. The third-order valence-corrected chi connectivity index (χ3v) is 8.17. The quantitative estimate of drug-likeness (QED) is 0.172. The van der Waals surface area contributed by atoms with Crippen LogP contribution >= 0.6 is 11.3 Å². The van der Waals surface area contributed by atoms with Crippen molar-refractivity contribution in [3.8, 4) is 5.75 Å². The van der Waals surface area contributed by atoms with Crippen LogP contribution in [0.1, 0.15) is 46.0 Å². The molecule has 1 amide bonds. The minimum atomic E-state index is -0.706. The Morgan fingerprint density at radius 2 is 1.66 bits per heavy atom. The maximum atomic E-state index is 13.4. The molecular weight excluding hydrogens is 494 g/mol. The van der Waals surface area contributed by atoms with Crippen LogP contribution in [0.2, 0.25) is 0 Å². The third kappa shape index (κ3) is 4.52. The number of aryl methyl sites for hydroxylation is 2. The van der Waals surface area contributed by atoms with E-state index in [2.05, 4.69) is 0 Å². The van der Waals surface area contributed by atoms with Gasteiger partial charge in [0.2, 0.25) is 0 Å². The maximum absolute atomic E-state index is 13.4. The maximum Gasteiger partial charge on any atom is 0.300 e. The van der Waals surface area contributed by atoms with Gasteiger partial charge in [-0.1, -0.05) is 48.5 Å². The summed E-state index contributed by atoms with van der Waals surface area (Å²) in [6, 6.07) is 26.0. The van der Waals surface area contributed by atoms with Crippen LogP contribution in [0, 0.1) is 0 Å². The number of hydrogen-bond acceptors (Lipinski definition) is 5. The van der Waals surface area contributed by atoms with Gasteiger partial charge in [-0.05, 0) is 84.2 Å². The van der Waals surface area contributed by atoms with E-state index in [-0.39, 0.29) is 11.3 Å². The van der Waals surface area contributed by atoms with Crippen molar-refractivity contribution in [1.82, 2.24) is 0 Å². The summed E-state index contributed by atoms with van der Waals surface area (Å²) in [5.74, 6) is -0.791. The summed E-state index contributed by atoms with van der Waals surface area (Å²) in [4.78, 5) is 29.1. The number of thiophene rings is 1. The predicted molar refractivity (Wildman–Crippen MR) is 149 cm³/mol. The minimum Gasteiger partial charge on any atom is -0.507 e. The Kier molecular flexibility index (Phi) is 6.56. The van der Waals surface area contributed by atoms with E-state index in [1.807, 2.05) is 66.0 Å². The highest BCUT2D eigenvalue weighted by molar-refractivity contribution is 7.10. The number of anilines is 1. The highest BCUT2D eigenvalue weighted by atomic mass is 32.1. The largest absolute Gasteiger partial charge is 0.507 e. The zero-order chi connectivity index (χ0) is 26.1. The van der Waals surface area contributed by atoms with Crippen molar-refractivity contribution in [2.75, 3.05) is 4.90 Å². The Morgan fingerprint density at radius 1 is 0.895 bits per heavy atom. The molecule has 1 unspecified atom stereocenters. The molecule has 3 aromatic carbocycles. The van der Waals surface area contributed by atoms with Crippen LogP contribution < -0.4 is 9.64 Å². The van der Waals surface area contributed by atoms with Gasteiger partial charge in [-0.2, -0.15) is 0 Å². The molecule has 1 aromatic heterocycles. The zero-order valence-corrected chi connectivity index (χ0v) is 21.6. The van der Waals surface area contributed by atoms with Crippen LogP contribution in [-0.4, -0.2) is 16.8 Å². The molecule has 5 nitrogen and oxygen atoms in total. The van der Waals surface area contributed by atoms with E-state index in [1.165, 1.54) is 27.4 Å². The van der Waals surface area contributed by atoms with Crippen molar-refractivity contribution < 1.29 is 19.4 Å². The highest BCUT2D eigenvalue weighted by Gasteiger charge is 2.47. The molecule has 0 bridgehead atoms. The first-order valence-electron chi connectivity index (χ1n) is 12.8. The Morgan fingerprint density at radius 3 is 2.39 bits per heavy atom. The van der Waals surface area contributed by atoms with E-state index in [1.54, 1.807) is 24.3 Å². The Hall–Kier alpha value is -4.16. The standard InChI is InChI=1S/C32H27NO4S/c34-30(24-13-12-22-9-4-5-10-23(22)19-24)28-29(27-11-6-18-38-27)33(32(36)31(28)35)25-14-16-26(17-15-25)37-20-21-7-2-1-3-8-21/h1-3,6-8,11-19,29,34H,4-5,9-10,20H2/b30-28-. The van der Waals surface area contributed by atoms with Gasteiger partial charge in [0, 0.05) is 16.1 Å². The number of aliphatic hydroxyl groups excluding tert-OH is 1. The second kappa shape index (κ2) is 10.3. The van der Waals surface area contributed by atoms with Gasteiger partial charge in [0.1, 0.15) is 24.2 Å². The summed E-state index contributed by atoms with van der Waals surface area (Å²) < 4.78 is 5.90. The molecular formula is C32H27NO4S. The smallest absolute Gasteiger partial charge is 0.300 e. The average Bonchev–Trinajstić information content (AvgIpc) is 3.59. The first-order valence-corrected chi connectivity index (χ1v) is 13.7. The topological polar surface area (TPSA) is 66.8 Å². The lowest BCUT2D eigenvalue weighted by Gasteiger charge is -2.24. The summed E-state index contributed by atoms with van der Waals surface area (Å²) in [6.45, 7) is 0.431. The fourth-order valence-corrected chi connectivity index (χ4v) is 6.12. The minimum absolute atomic E-state index is 0.123. The lowest BCUT2D eigenvalue weighted by Crippen LogP contribution is -2.29. The van der Waals surface area contributed by atoms with E-state index in [0.29, 0.717) is 23.6 Å². The van der Waals surface area contributed by atoms with Crippen molar-refractivity contribution in [3.63, 3.8) is 0 Å². The molecule has 1 atom stereocenters. The summed E-state index contributed by atoms with van der Waals surface area (Å²) in [7, 11) is 0. The number of Topliss-reactive ketones (excluding diaryl/α,β-unsaturated/α-hetero) is 1. The molecule has 0 spiro atoms. The van der Waals surface area contributed by atoms with Gasteiger partial charge in [-0.15, -0.1) is 11.3 Å². The van der Waals surface area contributed by atoms with Crippen molar-refractivity contribution in [3.05, 3.63) is 123 Å². The molecule has 2 heterocycles. The zero-order valence-electron chi connectivity index (χ0n) is 20.8. The number of rotatable bonds is 6. The summed E-state index contributed by atoms with van der Waals surface area (Å²) in [6.07, 6.45) is 4.26. The number of amides is 1. The summed E-state index contributed by atoms with van der Waals surface area (Å²) in [5.41, 5.74) is 4.82. The van der Waals surface area contributed by atoms with Crippen molar-refractivity contribution in [2.24, 2.45) is 0 Å². The molecule has 1 aliphatic carbocycles. The number of carbonyl (C=O) groups is 2. The van der Waals surface area contributed by atoms with Crippen LogP contribution in [0.25, 0.3) is 5.76 Å². The normalized spacial score (nSPS) is 18.4. The molecule has 1 saturated heterocycles. The highest BCUT2D eigenvalue weighted by Crippen LogP contribution is 2.44. The van der Waals surface area contributed by atoms with Gasteiger partial charge in [-0.3, -0.25) is 14.5 Å². The number of ketones is 1. The number of aliphatic hydroxyl groups is 1. The Labute approximate surface area is 225 Å². The van der Waals surface area contributed by atoms with Crippen molar-refractivity contribution in [2.45, 2.75) is 38.3 Å². The van der Waals surface area contributed by atoms with E-state index in [9.17, 15) is 14.7 Å². The van der Waals surface area contributed by atoms with Crippen LogP contribution in [0.4, 0.5) is 5.69 Å². The molecule has 1 N–H and O–H groups in total. The van der Waals surface area contributed by atoms with E-state index in [4.69, 9.17) is 4.74 Å². The molecule has 38 heavy (non-hydrogen) atoms. The van der Waals surface area contributed by atoms with Crippen LogP contribution in [0.3, 0.4) is 0 Å². The fourth-order valence-electron chi connectivity index (χ4n) is 5.29. The second-order valence-electron chi connectivity index (χ2n) is 9.64. The lowest BCUT2D eigenvalue weighted by atomic mass is 9.89. The van der Waals surface area contributed by atoms with Crippen molar-refractivity contribution >= 4 is 34.5 Å². The number of nitrogens with zero attached hydrogens (tertiary/aromatic N) is 1. The number of benzene rings is 3. The number of fused-ring (bicyclic) bond motifs is 1. The third-order valence-electron chi connectivity index (χ3n) is 7.24. The van der Waals surface area contributed by atoms with E-state index >= 15 is 0 Å². The molecule has 190 valence electrons. The molecule has 6 rings (SSSR count). The van der Waals surface area contributed by atoms with Crippen molar-refractivity contribution in [1.29, 1.82) is 0 Å². The summed E-state index contributed by atoms with van der Waals surface area (Å²) in [5, 5.41) is 13.3. The number of carbonyl (C=O) groups excluding carboxylic acids is 2. The molecule has 2 aliphatic rings. The van der Waals surface area contributed by atoms with Crippen LogP contribution in [-0.2, 0) is 29.0 Å². The van der Waals surface area contributed by atoms with Gasteiger partial charge < -0.3 is 9.84 Å². The SMILES string of the molecule is O=C1C(=O)N(c2ccc(OCc3ccccc3)cc2)C(c2cccs2)/C1=C(/O)c1ccc2c(c1)CCCC2. The predicted octanol–water partition coefficient (Wildman–Crippen LogP) is 6.83. The molecule has 0 radical (unpaired) electrons. The van der Waals surface area contributed by atoms with E-state index < -0.39 is 17.7 Å². The Balaban J connectivity index is 1.35. The molecule has 0 saturated carbocycles. The Bertz CT molecular complexity index is 1510. The van der Waals surface area contributed by atoms with Gasteiger partial charge in [0.05, 0.1) is 5.57 Å². The van der Waals surface area contributed by atoms with E-state index in [0.717, 1.165) is 36.1 Å². The number of ether oxygens (including phenoxy) is 1. The molecule has 6 heteroatoms. The van der Waals surface area contributed by atoms with Crippen LogP contribution in [0.15, 0.2) is 95.9 Å². The van der Waals surface area contributed by atoms with Gasteiger partial charge in [0.25, 0.3) is 11.7 Å². The molecule has 4 aromatic rings. The van der Waals surface area contributed by atoms with Gasteiger partial charge in [-0.25, -0.2) is 0 Å². The fraction of sp³-hybridized carbons (Fsp3) is 0.188.